The van der Waals surface area contributed by atoms with Crippen LogP contribution in [0.3, 0.4) is 0 Å². The van der Waals surface area contributed by atoms with Crippen LogP contribution in [0, 0.1) is 0 Å². The highest BCUT2D eigenvalue weighted by molar-refractivity contribution is 9.10. The summed E-state index contributed by atoms with van der Waals surface area (Å²) in [5.41, 5.74) is 3.77. The molecule has 6 nitrogen and oxygen atoms in total. The quantitative estimate of drug-likeness (QED) is 0.296. The molecule has 2 amide bonds. The molecule has 0 aliphatic heterocycles. The van der Waals surface area contributed by atoms with E-state index in [1.807, 2.05) is 29.6 Å². The van der Waals surface area contributed by atoms with Crippen LogP contribution in [0.25, 0.3) is 6.08 Å². The summed E-state index contributed by atoms with van der Waals surface area (Å²) < 4.78 is 5.96. The summed E-state index contributed by atoms with van der Waals surface area (Å²) >= 11 is 4.86. The molecule has 0 aliphatic rings. The summed E-state index contributed by atoms with van der Waals surface area (Å²) in [5.74, 6) is -0.214. The van der Waals surface area contributed by atoms with Gasteiger partial charge in [0.25, 0.3) is 11.8 Å². The summed E-state index contributed by atoms with van der Waals surface area (Å²) in [6.45, 7) is 0. The zero-order valence-corrected chi connectivity index (χ0v) is 18.4. The molecule has 2 N–H and O–H groups in total. The number of methoxy groups -OCH3 is 1. The summed E-state index contributed by atoms with van der Waals surface area (Å²) in [4.78, 5) is 26.0. The number of amides is 2. The highest BCUT2D eigenvalue weighted by Gasteiger charge is 2.14. The summed E-state index contributed by atoms with van der Waals surface area (Å²) in [6.07, 6.45) is 3.12. The molecule has 0 atom stereocenters. The molecular weight excluding hydrogens is 466 g/mol. The van der Waals surface area contributed by atoms with Crippen LogP contribution < -0.4 is 15.5 Å². The molecular formula is C22H18BrN3O3S. The Labute approximate surface area is 186 Å². The lowest BCUT2D eigenvalue weighted by Crippen LogP contribution is -2.32. The van der Waals surface area contributed by atoms with Gasteiger partial charge in [0.05, 0.1) is 17.8 Å². The molecule has 1 aromatic heterocycles. The molecule has 0 saturated heterocycles. The summed E-state index contributed by atoms with van der Waals surface area (Å²) in [5, 5.41) is 8.55. The largest absolute Gasteiger partial charge is 0.496 e. The van der Waals surface area contributed by atoms with Crippen molar-refractivity contribution in [2.45, 2.75) is 0 Å². The van der Waals surface area contributed by atoms with Gasteiger partial charge < -0.3 is 10.1 Å². The van der Waals surface area contributed by atoms with Crippen molar-refractivity contribution in [2.75, 3.05) is 7.11 Å². The standard InChI is InChI=1S/C22H18BrN3O3S/c1-29-20-10-9-15(12-18(20)23)14-24-26-22(28)19(13-17-8-5-11-30-17)25-21(27)16-6-3-2-4-7-16/h2-14H,1H3,(H,25,27)(H,26,28)/b19-13+,24-14-. The second-order valence-electron chi connectivity index (χ2n) is 5.99. The maximum absolute atomic E-state index is 12.7. The number of benzene rings is 2. The van der Waals surface area contributed by atoms with E-state index in [4.69, 9.17) is 4.74 Å². The number of carbonyl (C=O) groups excluding carboxylic acids is 2. The third kappa shape index (κ3) is 5.88. The molecule has 0 unspecified atom stereocenters. The number of thiophene rings is 1. The van der Waals surface area contributed by atoms with Crippen molar-refractivity contribution in [1.29, 1.82) is 0 Å². The van der Waals surface area contributed by atoms with Crippen molar-refractivity contribution in [2.24, 2.45) is 5.10 Å². The number of nitrogens with one attached hydrogen (secondary N) is 2. The van der Waals surface area contributed by atoms with Crippen molar-refractivity contribution < 1.29 is 14.3 Å². The van der Waals surface area contributed by atoms with E-state index in [0.717, 1.165) is 14.9 Å². The number of ether oxygens (including phenoxy) is 1. The Kier molecular flexibility index (Phi) is 7.53. The third-order valence-corrected chi connectivity index (χ3v) is 5.35. The van der Waals surface area contributed by atoms with Gasteiger partial charge in [-0.2, -0.15) is 5.10 Å². The molecule has 152 valence electrons. The molecule has 0 bridgehead atoms. The average Bonchev–Trinajstić information content (AvgIpc) is 3.27. The lowest BCUT2D eigenvalue weighted by atomic mass is 10.2. The lowest BCUT2D eigenvalue weighted by Gasteiger charge is -2.08. The van der Waals surface area contributed by atoms with Crippen LogP contribution in [-0.2, 0) is 4.79 Å². The number of hydrogen-bond acceptors (Lipinski definition) is 5. The van der Waals surface area contributed by atoms with E-state index in [0.29, 0.717) is 11.3 Å². The van der Waals surface area contributed by atoms with E-state index in [1.54, 1.807) is 49.6 Å². The van der Waals surface area contributed by atoms with Crippen LogP contribution >= 0.6 is 27.3 Å². The predicted molar refractivity (Wildman–Crippen MR) is 123 cm³/mol. The Morgan fingerprint density at radius 3 is 2.57 bits per heavy atom. The summed E-state index contributed by atoms with van der Waals surface area (Å²) in [7, 11) is 1.58. The zero-order valence-electron chi connectivity index (χ0n) is 16.0. The fourth-order valence-electron chi connectivity index (χ4n) is 2.45. The van der Waals surface area contributed by atoms with Gasteiger partial charge in [0.15, 0.2) is 0 Å². The Morgan fingerprint density at radius 2 is 1.90 bits per heavy atom. The van der Waals surface area contributed by atoms with Crippen LogP contribution in [0.15, 0.2) is 81.3 Å². The smallest absolute Gasteiger partial charge is 0.287 e. The molecule has 0 spiro atoms. The Morgan fingerprint density at radius 1 is 1.10 bits per heavy atom. The fraction of sp³-hybridized carbons (Fsp3) is 0.0455. The first-order valence-corrected chi connectivity index (χ1v) is 10.5. The van der Waals surface area contributed by atoms with Crippen molar-refractivity contribution in [1.82, 2.24) is 10.7 Å². The third-order valence-electron chi connectivity index (χ3n) is 3.91. The number of carbonyl (C=O) groups is 2. The number of hydrazone groups is 1. The number of rotatable bonds is 7. The van der Waals surface area contributed by atoms with E-state index in [9.17, 15) is 9.59 Å². The lowest BCUT2D eigenvalue weighted by molar-refractivity contribution is -0.117. The van der Waals surface area contributed by atoms with E-state index in [2.05, 4.69) is 31.8 Å². The molecule has 3 rings (SSSR count). The van der Waals surface area contributed by atoms with Gasteiger partial charge in [0, 0.05) is 10.4 Å². The topological polar surface area (TPSA) is 79.8 Å². The van der Waals surface area contributed by atoms with E-state index in [1.165, 1.54) is 17.6 Å². The fourth-order valence-corrected chi connectivity index (χ4v) is 3.66. The molecule has 0 aliphatic carbocycles. The number of nitrogens with zero attached hydrogens (tertiary/aromatic N) is 1. The average molecular weight is 484 g/mol. The maximum Gasteiger partial charge on any atom is 0.287 e. The zero-order chi connectivity index (χ0) is 21.3. The van der Waals surface area contributed by atoms with E-state index < -0.39 is 5.91 Å². The molecule has 8 heteroatoms. The van der Waals surface area contributed by atoms with Crippen LogP contribution in [0.1, 0.15) is 20.8 Å². The molecule has 0 fully saturated rings. The van der Waals surface area contributed by atoms with Gasteiger partial charge in [-0.1, -0.05) is 24.3 Å². The minimum Gasteiger partial charge on any atom is -0.496 e. The van der Waals surface area contributed by atoms with Gasteiger partial charge >= 0.3 is 0 Å². The molecule has 0 saturated carbocycles. The second-order valence-corrected chi connectivity index (χ2v) is 7.82. The van der Waals surface area contributed by atoms with Gasteiger partial charge in [-0.15, -0.1) is 11.3 Å². The predicted octanol–water partition coefficient (Wildman–Crippen LogP) is 4.44. The highest BCUT2D eigenvalue weighted by Crippen LogP contribution is 2.24. The minimum absolute atomic E-state index is 0.0966. The van der Waals surface area contributed by atoms with Gasteiger partial charge in [0.2, 0.25) is 0 Å². The van der Waals surface area contributed by atoms with Crippen molar-refractivity contribution in [3.8, 4) is 5.75 Å². The van der Waals surface area contributed by atoms with Crippen LogP contribution in [-0.4, -0.2) is 25.1 Å². The maximum atomic E-state index is 12.7. The SMILES string of the molecule is COc1ccc(/C=N\NC(=O)/C(=C\c2cccs2)NC(=O)c2ccccc2)cc1Br. The van der Waals surface area contributed by atoms with Crippen LogP contribution in [0.2, 0.25) is 0 Å². The normalized spacial score (nSPS) is 11.3. The second kappa shape index (κ2) is 10.5. The van der Waals surface area contributed by atoms with Crippen molar-refractivity contribution >= 4 is 51.4 Å². The van der Waals surface area contributed by atoms with Gasteiger partial charge in [-0.05, 0) is 69.3 Å². The van der Waals surface area contributed by atoms with Crippen LogP contribution in [0.4, 0.5) is 0 Å². The monoisotopic (exact) mass is 483 g/mol. The first kappa shape index (κ1) is 21.5. The number of halogens is 1. The van der Waals surface area contributed by atoms with E-state index >= 15 is 0 Å². The molecule has 0 radical (unpaired) electrons. The molecule has 3 aromatic rings. The van der Waals surface area contributed by atoms with Crippen molar-refractivity contribution in [3.63, 3.8) is 0 Å². The minimum atomic E-state index is -0.531. The number of hydrogen-bond donors (Lipinski definition) is 2. The highest BCUT2D eigenvalue weighted by atomic mass is 79.9. The first-order chi connectivity index (χ1) is 14.6. The summed E-state index contributed by atoms with van der Waals surface area (Å²) in [6, 6.07) is 17.8. The van der Waals surface area contributed by atoms with Crippen molar-refractivity contribution in [3.05, 3.63) is 92.2 Å². The van der Waals surface area contributed by atoms with Gasteiger partial charge in [0.1, 0.15) is 11.4 Å². The molecule has 2 aromatic carbocycles. The molecule has 30 heavy (non-hydrogen) atoms. The van der Waals surface area contributed by atoms with E-state index in [-0.39, 0.29) is 11.6 Å². The van der Waals surface area contributed by atoms with Crippen LogP contribution in [0.5, 0.6) is 5.75 Å². The van der Waals surface area contributed by atoms with Gasteiger partial charge in [-0.25, -0.2) is 5.43 Å². The first-order valence-electron chi connectivity index (χ1n) is 8.85. The molecule has 1 heterocycles. The Balaban J connectivity index is 1.73. The Bertz CT molecular complexity index is 1080. The van der Waals surface area contributed by atoms with Gasteiger partial charge in [-0.3, -0.25) is 9.59 Å². The Hall–Kier alpha value is -3.23.